The second-order valence-corrected chi connectivity index (χ2v) is 5.35. The number of nitrogens with one attached hydrogen (secondary N) is 1. The van der Waals surface area contributed by atoms with E-state index in [1.807, 2.05) is 86.5 Å². The minimum absolute atomic E-state index is 0.574. The van der Waals surface area contributed by atoms with Gasteiger partial charge >= 0.3 is 0 Å². The number of anilines is 3. The van der Waals surface area contributed by atoms with Crippen molar-refractivity contribution < 1.29 is 0 Å². The van der Waals surface area contributed by atoms with Crippen LogP contribution in [0.3, 0.4) is 0 Å². The maximum atomic E-state index is 4.25. The topological polar surface area (TPSA) is 43.2 Å². The summed E-state index contributed by atoms with van der Waals surface area (Å²) in [6.45, 7) is 4.00. The van der Waals surface area contributed by atoms with E-state index < -0.39 is 0 Å². The van der Waals surface area contributed by atoms with Crippen molar-refractivity contribution in [3.63, 3.8) is 0 Å². The van der Waals surface area contributed by atoms with Crippen LogP contribution in [0.15, 0.2) is 71.2 Å². The second-order valence-electron chi connectivity index (χ2n) is 5.35. The third kappa shape index (κ3) is 4.10. The predicted octanol–water partition coefficient (Wildman–Crippen LogP) is 4.49. The Kier molecular flexibility index (Phi) is 5.36. The molecule has 0 bridgehead atoms. The molecule has 0 aliphatic rings. The summed E-state index contributed by atoms with van der Waals surface area (Å²) in [5, 5.41) is 11.7. The van der Waals surface area contributed by atoms with Crippen molar-refractivity contribution >= 4 is 22.7 Å². The summed E-state index contributed by atoms with van der Waals surface area (Å²) in [6.07, 6.45) is 0. The van der Waals surface area contributed by atoms with Crippen LogP contribution < -0.4 is 15.1 Å². The molecule has 0 unspecified atom stereocenters. The molecule has 23 heavy (non-hydrogen) atoms. The molecule has 5 nitrogen and oxygen atoms in total. The average Bonchev–Trinajstić information content (AvgIpc) is 2.59. The Morgan fingerprint density at radius 1 is 1.00 bits per heavy atom. The molecule has 0 fully saturated rings. The largest absolute Gasteiger partial charge is 0.386 e. The number of benzene rings is 2. The van der Waals surface area contributed by atoms with Crippen LogP contribution in [0.1, 0.15) is 0 Å². The second kappa shape index (κ2) is 7.45. The number of rotatable bonds is 6. The Morgan fingerprint density at radius 3 is 2.26 bits per heavy atom. The van der Waals surface area contributed by atoms with Crippen molar-refractivity contribution in [1.29, 1.82) is 0 Å². The highest BCUT2D eigenvalue weighted by molar-refractivity contribution is 5.71. The van der Waals surface area contributed by atoms with Crippen LogP contribution in [-0.4, -0.2) is 28.2 Å². The molecular formula is C18H23N5. The molecule has 0 saturated carbocycles. The molecule has 2 aromatic rings. The number of azo groups is 1. The van der Waals surface area contributed by atoms with Crippen LogP contribution in [-0.2, 0) is 0 Å². The zero-order chi connectivity index (χ0) is 16.8. The molecule has 0 aliphatic carbocycles. The molecule has 0 radical (unpaired) electrons. The van der Waals surface area contributed by atoms with Crippen LogP contribution in [0.2, 0.25) is 0 Å². The Balaban J connectivity index is 2.11. The minimum atomic E-state index is 0.574. The monoisotopic (exact) mass is 309 g/mol. The fourth-order valence-corrected chi connectivity index (χ4v) is 2.12. The van der Waals surface area contributed by atoms with Gasteiger partial charge in [-0.1, -0.05) is 18.7 Å². The molecule has 2 aromatic carbocycles. The maximum absolute atomic E-state index is 4.25. The summed E-state index contributed by atoms with van der Waals surface area (Å²) in [7, 11) is 7.83. The van der Waals surface area contributed by atoms with Gasteiger partial charge in [0.25, 0.3) is 0 Å². The Bertz CT molecular complexity index is 689. The number of nitrogens with zero attached hydrogens (tertiary/aromatic N) is 4. The zero-order valence-electron chi connectivity index (χ0n) is 14.1. The molecule has 1 N–H and O–H groups in total. The maximum Gasteiger partial charge on any atom is 0.148 e. The lowest BCUT2D eigenvalue weighted by Gasteiger charge is -2.21. The van der Waals surface area contributed by atoms with E-state index in [2.05, 4.69) is 22.1 Å². The van der Waals surface area contributed by atoms with Crippen LogP contribution in [0.5, 0.6) is 0 Å². The fraction of sp³-hybridized carbons (Fsp3) is 0.222. The molecule has 0 amide bonds. The van der Waals surface area contributed by atoms with E-state index in [0.717, 1.165) is 22.7 Å². The van der Waals surface area contributed by atoms with E-state index in [-0.39, 0.29) is 0 Å². The lowest BCUT2D eigenvalue weighted by Crippen LogP contribution is -2.15. The summed E-state index contributed by atoms with van der Waals surface area (Å²) >= 11 is 0. The lowest BCUT2D eigenvalue weighted by atomic mass is 10.2. The summed E-state index contributed by atoms with van der Waals surface area (Å²) in [4.78, 5) is 3.95. The lowest BCUT2D eigenvalue weighted by molar-refractivity contribution is 1.01. The van der Waals surface area contributed by atoms with Gasteiger partial charge in [-0.15, -0.1) is 10.2 Å². The first-order valence-electron chi connectivity index (χ1n) is 7.41. The molecule has 0 heterocycles. The summed E-state index contributed by atoms with van der Waals surface area (Å²) in [6, 6.07) is 15.9. The van der Waals surface area contributed by atoms with E-state index >= 15 is 0 Å². The summed E-state index contributed by atoms with van der Waals surface area (Å²) < 4.78 is 0. The van der Waals surface area contributed by atoms with Gasteiger partial charge in [0, 0.05) is 33.9 Å². The molecule has 0 saturated heterocycles. The Hall–Kier alpha value is -2.82. The van der Waals surface area contributed by atoms with Gasteiger partial charge in [-0.2, -0.15) is 0 Å². The van der Waals surface area contributed by atoms with Crippen LogP contribution in [0.25, 0.3) is 0 Å². The van der Waals surface area contributed by atoms with Gasteiger partial charge in [-0.25, -0.2) is 0 Å². The fourth-order valence-electron chi connectivity index (χ4n) is 2.12. The quantitative estimate of drug-likeness (QED) is 0.800. The van der Waals surface area contributed by atoms with Crippen molar-refractivity contribution in [3.8, 4) is 0 Å². The van der Waals surface area contributed by atoms with E-state index in [1.165, 1.54) is 0 Å². The van der Waals surface area contributed by atoms with E-state index in [0.29, 0.717) is 5.82 Å². The zero-order valence-corrected chi connectivity index (χ0v) is 14.1. The normalized spacial score (nSPS) is 10.6. The summed E-state index contributed by atoms with van der Waals surface area (Å²) in [5.41, 5.74) is 3.94. The highest BCUT2D eigenvalue weighted by Crippen LogP contribution is 2.27. The van der Waals surface area contributed by atoms with Gasteiger partial charge in [-0.05, 0) is 36.4 Å². The molecule has 0 atom stereocenters. The molecule has 0 aromatic heterocycles. The third-order valence-corrected chi connectivity index (χ3v) is 3.57. The molecule has 0 aliphatic heterocycles. The predicted molar refractivity (Wildman–Crippen MR) is 98.8 cm³/mol. The van der Waals surface area contributed by atoms with Crippen LogP contribution in [0, 0.1) is 0 Å². The Labute approximate surface area is 138 Å². The van der Waals surface area contributed by atoms with Gasteiger partial charge in [0.05, 0.1) is 17.1 Å². The van der Waals surface area contributed by atoms with Crippen molar-refractivity contribution in [2.75, 3.05) is 43.3 Å². The van der Waals surface area contributed by atoms with Gasteiger partial charge in [-0.3, -0.25) is 0 Å². The highest BCUT2D eigenvalue weighted by Gasteiger charge is 2.08. The first-order chi connectivity index (χ1) is 11.0. The highest BCUT2D eigenvalue weighted by atomic mass is 15.3. The smallest absolute Gasteiger partial charge is 0.148 e. The molecular weight excluding hydrogens is 286 g/mol. The number of hydrogen-bond acceptors (Lipinski definition) is 5. The molecule has 5 heteroatoms. The Morgan fingerprint density at radius 2 is 1.65 bits per heavy atom. The molecule has 0 spiro atoms. The summed E-state index contributed by atoms with van der Waals surface area (Å²) in [5.74, 6) is 0.574. The minimum Gasteiger partial charge on any atom is -0.386 e. The third-order valence-electron chi connectivity index (χ3n) is 3.57. The van der Waals surface area contributed by atoms with Gasteiger partial charge < -0.3 is 15.1 Å². The van der Waals surface area contributed by atoms with Gasteiger partial charge in [0.1, 0.15) is 5.82 Å². The van der Waals surface area contributed by atoms with E-state index in [1.54, 1.807) is 0 Å². The van der Waals surface area contributed by atoms with E-state index in [4.69, 9.17) is 0 Å². The van der Waals surface area contributed by atoms with Crippen molar-refractivity contribution in [3.05, 3.63) is 60.9 Å². The van der Waals surface area contributed by atoms with Crippen molar-refractivity contribution in [1.82, 2.24) is 0 Å². The average molecular weight is 309 g/mol. The number of hydrogen-bond donors (Lipinski definition) is 1. The SMILES string of the molecule is C=C(/N=N/c1ccc(N(C)C)cc1)N(C)c1ccccc1NC. The first-order valence-corrected chi connectivity index (χ1v) is 7.41. The van der Waals surface area contributed by atoms with Crippen molar-refractivity contribution in [2.45, 2.75) is 0 Å². The standard InChI is InChI=1S/C18H23N5/c1-14(23(5)18-9-7-6-8-17(18)19-2)20-21-15-10-12-16(13-11-15)22(3)4/h6-13,19H,1H2,2-5H3/b21-20+. The van der Waals surface area contributed by atoms with Crippen LogP contribution in [0.4, 0.5) is 22.7 Å². The van der Waals surface area contributed by atoms with Crippen molar-refractivity contribution in [2.24, 2.45) is 10.2 Å². The first kappa shape index (κ1) is 16.5. The van der Waals surface area contributed by atoms with Crippen LogP contribution >= 0.6 is 0 Å². The number of para-hydroxylation sites is 2. The molecule has 120 valence electrons. The molecule has 2 rings (SSSR count). The van der Waals surface area contributed by atoms with E-state index in [9.17, 15) is 0 Å². The van der Waals surface area contributed by atoms with Gasteiger partial charge in [0.2, 0.25) is 0 Å². The van der Waals surface area contributed by atoms with Gasteiger partial charge in [0.15, 0.2) is 0 Å².